The van der Waals surface area contributed by atoms with Crippen molar-refractivity contribution in [1.82, 2.24) is 15.0 Å². The zero-order valence-electron chi connectivity index (χ0n) is 26.7. The molecule has 10 aromatic rings. The highest BCUT2D eigenvalue weighted by Gasteiger charge is 2.18. The molecule has 0 saturated carbocycles. The standard InChI is InChI=1S/C45H27N3O2/c1-4-12-28(13-5-1)33-18-10-20-35-37-26-31(22-24-39(37)49-41(33)35)44-46-43(30-16-8-3-9-17-30)47-45(48-44)32-23-25-40-38(27-32)36-21-11-19-34(42(36)50-40)29-14-6-2-7-15-29/h1-27H. The summed E-state index contributed by atoms with van der Waals surface area (Å²) in [7, 11) is 0. The molecule has 0 aliphatic carbocycles. The lowest BCUT2D eigenvalue weighted by Crippen LogP contribution is -2.00. The molecule has 50 heavy (non-hydrogen) atoms. The number of furan rings is 2. The molecule has 10 rings (SSSR count). The van der Waals surface area contributed by atoms with Crippen molar-refractivity contribution in [2.75, 3.05) is 0 Å². The van der Waals surface area contributed by atoms with Crippen molar-refractivity contribution in [2.45, 2.75) is 0 Å². The summed E-state index contributed by atoms with van der Waals surface area (Å²) in [4.78, 5) is 15.1. The molecule has 3 heterocycles. The predicted molar refractivity (Wildman–Crippen MR) is 202 cm³/mol. The van der Waals surface area contributed by atoms with Crippen LogP contribution in [0, 0.1) is 0 Å². The molecule has 7 aromatic carbocycles. The Morgan fingerprint density at radius 3 is 1.14 bits per heavy atom. The third-order valence-corrected chi connectivity index (χ3v) is 9.35. The SMILES string of the molecule is c1ccc(-c2nc(-c3ccc4oc5c(-c6ccccc6)cccc5c4c3)nc(-c3ccc4oc5c(-c6ccccc6)cccc5c4c3)n2)cc1. The van der Waals surface area contributed by atoms with E-state index in [4.69, 9.17) is 23.8 Å². The van der Waals surface area contributed by atoms with E-state index in [-0.39, 0.29) is 0 Å². The highest BCUT2D eigenvalue weighted by Crippen LogP contribution is 2.39. The molecule has 3 aromatic heterocycles. The molecule has 0 aliphatic heterocycles. The molecule has 0 spiro atoms. The monoisotopic (exact) mass is 641 g/mol. The zero-order valence-corrected chi connectivity index (χ0v) is 26.7. The van der Waals surface area contributed by atoms with E-state index in [1.165, 1.54) is 0 Å². The molecule has 0 amide bonds. The molecule has 0 N–H and O–H groups in total. The van der Waals surface area contributed by atoms with Gasteiger partial charge in [-0.15, -0.1) is 0 Å². The van der Waals surface area contributed by atoms with Crippen molar-refractivity contribution in [1.29, 1.82) is 0 Å². The minimum atomic E-state index is 0.591. The van der Waals surface area contributed by atoms with E-state index in [1.54, 1.807) is 0 Å². The first-order valence-electron chi connectivity index (χ1n) is 16.6. The van der Waals surface area contributed by atoms with E-state index in [2.05, 4.69) is 72.8 Å². The normalized spacial score (nSPS) is 11.6. The molecule has 0 fully saturated rings. The minimum absolute atomic E-state index is 0.591. The second kappa shape index (κ2) is 11.4. The van der Waals surface area contributed by atoms with Crippen LogP contribution < -0.4 is 0 Å². The Hall–Kier alpha value is -6.85. The van der Waals surface area contributed by atoms with Crippen molar-refractivity contribution in [2.24, 2.45) is 0 Å². The first-order chi connectivity index (χ1) is 24.8. The third-order valence-electron chi connectivity index (χ3n) is 9.35. The summed E-state index contributed by atoms with van der Waals surface area (Å²) in [6.07, 6.45) is 0. The van der Waals surface area contributed by atoms with Gasteiger partial charge in [-0.3, -0.25) is 0 Å². The van der Waals surface area contributed by atoms with Crippen LogP contribution in [0.25, 0.3) is 100 Å². The Kier molecular flexibility index (Phi) is 6.42. The molecular formula is C45H27N3O2. The molecule has 0 unspecified atom stereocenters. The fourth-order valence-electron chi connectivity index (χ4n) is 6.92. The van der Waals surface area contributed by atoms with Crippen LogP contribution in [0.2, 0.25) is 0 Å². The first kappa shape index (κ1) is 28.2. The molecule has 0 atom stereocenters. The number of benzene rings is 7. The summed E-state index contributed by atoms with van der Waals surface area (Å²) in [5.41, 5.74) is 10.4. The van der Waals surface area contributed by atoms with E-state index in [0.29, 0.717) is 17.5 Å². The minimum Gasteiger partial charge on any atom is -0.455 e. The smallest absolute Gasteiger partial charge is 0.164 e. The van der Waals surface area contributed by atoms with Gasteiger partial charge in [0, 0.05) is 49.4 Å². The molecule has 5 heteroatoms. The lowest BCUT2D eigenvalue weighted by molar-refractivity contribution is 0.669. The molecular weight excluding hydrogens is 615 g/mol. The van der Waals surface area contributed by atoms with Gasteiger partial charge in [0.1, 0.15) is 22.3 Å². The van der Waals surface area contributed by atoms with Gasteiger partial charge in [0.15, 0.2) is 17.5 Å². The van der Waals surface area contributed by atoms with Crippen LogP contribution in [0.4, 0.5) is 0 Å². The Labute approximate surface area is 287 Å². The van der Waals surface area contributed by atoms with E-state index >= 15 is 0 Å². The number of hydrogen-bond acceptors (Lipinski definition) is 5. The number of hydrogen-bond donors (Lipinski definition) is 0. The van der Waals surface area contributed by atoms with Crippen LogP contribution in [-0.2, 0) is 0 Å². The van der Waals surface area contributed by atoms with Gasteiger partial charge in [0.2, 0.25) is 0 Å². The summed E-state index contributed by atoms with van der Waals surface area (Å²) in [5.74, 6) is 1.79. The van der Waals surface area contributed by atoms with Crippen molar-refractivity contribution >= 4 is 43.9 Å². The van der Waals surface area contributed by atoms with Crippen LogP contribution >= 0.6 is 0 Å². The van der Waals surface area contributed by atoms with E-state index in [0.717, 1.165) is 82.8 Å². The van der Waals surface area contributed by atoms with Gasteiger partial charge < -0.3 is 8.83 Å². The first-order valence-corrected chi connectivity index (χ1v) is 16.6. The Balaban J connectivity index is 1.14. The Morgan fingerprint density at radius 2 is 0.700 bits per heavy atom. The van der Waals surface area contributed by atoms with Crippen LogP contribution in [-0.4, -0.2) is 15.0 Å². The fraction of sp³-hybridized carbons (Fsp3) is 0. The maximum Gasteiger partial charge on any atom is 0.164 e. The topological polar surface area (TPSA) is 65.0 Å². The fourth-order valence-corrected chi connectivity index (χ4v) is 6.92. The quantitative estimate of drug-likeness (QED) is 0.187. The second-order valence-corrected chi connectivity index (χ2v) is 12.4. The van der Waals surface area contributed by atoms with Crippen LogP contribution in [0.3, 0.4) is 0 Å². The Morgan fingerprint density at radius 1 is 0.300 bits per heavy atom. The number of aromatic nitrogens is 3. The predicted octanol–water partition coefficient (Wildman–Crippen LogP) is 12.0. The van der Waals surface area contributed by atoms with Crippen molar-refractivity contribution in [3.8, 4) is 56.4 Å². The summed E-state index contributed by atoms with van der Waals surface area (Å²) in [6, 6.07) is 55.7. The van der Waals surface area contributed by atoms with E-state index in [9.17, 15) is 0 Å². The molecule has 0 bridgehead atoms. The molecule has 0 radical (unpaired) electrons. The summed E-state index contributed by atoms with van der Waals surface area (Å²) in [5, 5.41) is 4.12. The molecule has 0 aliphatic rings. The van der Waals surface area contributed by atoms with Gasteiger partial charge >= 0.3 is 0 Å². The summed E-state index contributed by atoms with van der Waals surface area (Å²) in [6.45, 7) is 0. The van der Waals surface area contributed by atoms with Gasteiger partial charge in [0.05, 0.1) is 0 Å². The highest BCUT2D eigenvalue weighted by molar-refractivity contribution is 6.11. The summed E-state index contributed by atoms with van der Waals surface area (Å²) < 4.78 is 12.9. The van der Waals surface area contributed by atoms with Crippen LogP contribution in [0.1, 0.15) is 0 Å². The lowest BCUT2D eigenvalue weighted by atomic mass is 10.0. The van der Waals surface area contributed by atoms with Crippen molar-refractivity contribution < 1.29 is 8.83 Å². The van der Waals surface area contributed by atoms with Gasteiger partial charge in [-0.05, 0) is 47.5 Å². The summed E-state index contributed by atoms with van der Waals surface area (Å²) >= 11 is 0. The Bertz CT molecular complexity index is 2680. The third kappa shape index (κ3) is 4.67. The second-order valence-electron chi connectivity index (χ2n) is 12.4. The van der Waals surface area contributed by atoms with E-state index < -0.39 is 0 Å². The number of para-hydroxylation sites is 2. The van der Waals surface area contributed by atoms with Gasteiger partial charge in [-0.1, -0.05) is 127 Å². The number of nitrogens with zero attached hydrogens (tertiary/aromatic N) is 3. The van der Waals surface area contributed by atoms with Crippen molar-refractivity contribution in [3.63, 3.8) is 0 Å². The highest BCUT2D eigenvalue weighted by atomic mass is 16.3. The average molecular weight is 642 g/mol. The van der Waals surface area contributed by atoms with Gasteiger partial charge in [-0.25, -0.2) is 15.0 Å². The average Bonchev–Trinajstić information content (AvgIpc) is 3.76. The van der Waals surface area contributed by atoms with Crippen LogP contribution in [0.5, 0.6) is 0 Å². The molecule has 0 saturated heterocycles. The largest absolute Gasteiger partial charge is 0.455 e. The maximum atomic E-state index is 6.46. The molecule has 5 nitrogen and oxygen atoms in total. The van der Waals surface area contributed by atoms with Gasteiger partial charge in [-0.2, -0.15) is 0 Å². The number of rotatable bonds is 5. The molecule has 234 valence electrons. The van der Waals surface area contributed by atoms with E-state index in [1.807, 2.05) is 91.0 Å². The zero-order chi connectivity index (χ0) is 33.0. The van der Waals surface area contributed by atoms with Gasteiger partial charge in [0.25, 0.3) is 0 Å². The van der Waals surface area contributed by atoms with Crippen LogP contribution in [0.15, 0.2) is 173 Å². The van der Waals surface area contributed by atoms with Crippen molar-refractivity contribution in [3.05, 3.63) is 164 Å². The number of fused-ring (bicyclic) bond motifs is 6. The maximum absolute atomic E-state index is 6.46. The lowest BCUT2D eigenvalue weighted by Gasteiger charge is -2.08.